The van der Waals surface area contributed by atoms with Gasteiger partial charge in [-0.05, 0) is 25.0 Å². The predicted octanol–water partition coefficient (Wildman–Crippen LogP) is 2.02. The monoisotopic (exact) mass is 313 g/mol. The van der Waals surface area contributed by atoms with E-state index in [0.717, 1.165) is 6.42 Å². The number of hydrogen-bond acceptors (Lipinski definition) is 6. The molecule has 1 fully saturated rings. The Balaban J connectivity index is 2.24. The number of hydrogen-bond donors (Lipinski definition) is 2. The molecule has 1 heterocycles. The molecule has 0 aromatic heterocycles. The van der Waals surface area contributed by atoms with Crippen molar-refractivity contribution < 1.29 is 13.3 Å². The van der Waals surface area contributed by atoms with Crippen LogP contribution < -0.4 is 10.6 Å². The second kappa shape index (κ2) is 6.30. The lowest BCUT2D eigenvalue weighted by molar-refractivity contribution is -0.383. The van der Waals surface area contributed by atoms with Crippen molar-refractivity contribution in [2.75, 3.05) is 28.7 Å². The van der Waals surface area contributed by atoms with Crippen LogP contribution in [0, 0.1) is 10.1 Å². The van der Waals surface area contributed by atoms with Crippen LogP contribution in [0.4, 0.5) is 17.1 Å². The summed E-state index contributed by atoms with van der Waals surface area (Å²) in [6, 6.07) is 4.72. The number of para-hydroxylation sites is 1. The van der Waals surface area contributed by atoms with Crippen LogP contribution in [-0.4, -0.2) is 37.4 Å². The Labute approximate surface area is 123 Å². The zero-order valence-corrected chi connectivity index (χ0v) is 12.6. The highest BCUT2D eigenvalue weighted by atomic mass is 32.2. The Morgan fingerprint density at radius 1 is 1.38 bits per heavy atom. The SMILES string of the molecule is CCCNc1cccc(NC2CCS(=O)(=O)C2)c1[N+](=O)[O-]. The zero-order valence-electron chi connectivity index (χ0n) is 11.8. The Hall–Kier alpha value is -1.83. The summed E-state index contributed by atoms with van der Waals surface area (Å²) < 4.78 is 22.9. The molecule has 1 unspecified atom stereocenters. The lowest BCUT2D eigenvalue weighted by atomic mass is 10.2. The quantitative estimate of drug-likeness (QED) is 0.615. The Morgan fingerprint density at radius 2 is 2.10 bits per heavy atom. The molecule has 0 saturated carbocycles. The van der Waals surface area contributed by atoms with Crippen LogP contribution in [0.1, 0.15) is 19.8 Å². The van der Waals surface area contributed by atoms with E-state index in [1.165, 1.54) is 0 Å². The molecule has 116 valence electrons. The highest BCUT2D eigenvalue weighted by molar-refractivity contribution is 7.91. The van der Waals surface area contributed by atoms with Crippen LogP contribution in [0.5, 0.6) is 0 Å². The van der Waals surface area contributed by atoms with Gasteiger partial charge >= 0.3 is 5.69 Å². The van der Waals surface area contributed by atoms with E-state index in [0.29, 0.717) is 24.3 Å². The van der Waals surface area contributed by atoms with Crippen LogP contribution in [0.3, 0.4) is 0 Å². The molecule has 1 aromatic carbocycles. The highest BCUT2D eigenvalue weighted by Crippen LogP contribution is 2.34. The maximum absolute atomic E-state index is 11.5. The lowest BCUT2D eigenvalue weighted by Crippen LogP contribution is -2.21. The third-order valence-corrected chi connectivity index (χ3v) is 5.14. The normalized spacial score (nSPS) is 20.1. The van der Waals surface area contributed by atoms with Gasteiger partial charge in [0.15, 0.2) is 9.84 Å². The molecule has 1 saturated heterocycles. The van der Waals surface area contributed by atoms with E-state index in [-0.39, 0.29) is 23.2 Å². The summed E-state index contributed by atoms with van der Waals surface area (Å²) >= 11 is 0. The topological polar surface area (TPSA) is 101 Å². The van der Waals surface area contributed by atoms with Gasteiger partial charge in [-0.15, -0.1) is 0 Å². The summed E-state index contributed by atoms with van der Waals surface area (Å²) in [6.45, 7) is 2.62. The summed E-state index contributed by atoms with van der Waals surface area (Å²) in [6.07, 6.45) is 1.34. The first-order valence-corrected chi connectivity index (χ1v) is 8.73. The van der Waals surface area contributed by atoms with Gasteiger partial charge in [0.2, 0.25) is 0 Å². The van der Waals surface area contributed by atoms with Crippen LogP contribution in [0.15, 0.2) is 18.2 Å². The molecule has 1 aliphatic heterocycles. The maximum Gasteiger partial charge on any atom is 0.315 e. The van der Waals surface area contributed by atoms with Crippen molar-refractivity contribution >= 4 is 26.9 Å². The molecule has 0 aliphatic carbocycles. The van der Waals surface area contributed by atoms with E-state index >= 15 is 0 Å². The molecular formula is C13H19N3O4S. The van der Waals surface area contributed by atoms with Crippen LogP contribution >= 0.6 is 0 Å². The van der Waals surface area contributed by atoms with Crippen LogP contribution in [0.2, 0.25) is 0 Å². The fourth-order valence-electron chi connectivity index (χ4n) is 2.39. The van der Waals surface area contributed by atoms with Crippen LogP contribution in [0.25, 0.3) is 0 Å². The van der Waals surface area contributed by atoms with E-state index in [1.807, 2.05) is 6.92 Å². The smallest absolute Gasteiger partial charge is 0.315 e. The molecule has 0 spiro atoms. The second-order valence-corrected chi connectivity index (χ2v) is 7.36. The number of nitrogens with one attached hydrogen (secondary N) is 2. The van der Waals surface area contributed by atoms with Crippen molar-refractivity contribution in [1.29, 1.82) is 0 Å². The second-order valence-electron chi connectivity index (χ2n) is 5.13. The Morgan fingerprint density at radius 3 is 2.67 bits per heavy atom. The molecular weight excluding hydrogens is 294 g/mol. The van der Waals surface area contributed by atoms with Gasteiger partial charge in [-0.2, -0.15) is 0 Å². The van der Waals surface area contributed by atoms with Gasteiger partial charge in [0.1, 0.15) is 11.4 Å². The van der Waals surface area contributed by atoms with E-state index in [9.17, 15) is 18.5 Å². The number of benzene rings is 1. The van der Waals surface area contributed by atoms with Crippen molar-refractivity contribution in [3.63, 3.8) is 0 Å². The van der Waals surface area contributed by atoms with Crippen molar-refractivity contribution in [2.24, 2.45) is 0 Å². The first-order valence-electron chi connectivity index (χ1n) is 6.91. The van der Waals surface area contributed by atoms with Gasteiger partial charge in [0.05, 0.1) is 16.4 Å². The molecule has 1 aliphatic rings. The van der Waals surface area contributed by atoms with E-state index in [2.05, 4.69) is 10.6 Å². The number of nitro benzene ring substituents is 1. The molecule has 2 N–H and O–H groups in total. The van der Waals surface area contributed by atoms with Gasteiger partial charge < -0.3 is 10.6 Å². The molecule has 0 radical (unpaired) electrons. The number of sulfone groups is 1. The molecule has 1 aromatic rings. The summed E-state index contributed by atoms with van der Waals surface area (Å²) in [5.41, 5.74) is 0.783. The average Bonchev–Trinajstić information content (AvgIpc) is 2.75. The van der Waals surface area contributed by atoms with Gasteiger partial charge in [-0.3, -0.25) is 10.1 Å². The lowest BCUT2D eigenvalue weighted by Gasteiger charge is -2.14. The minimum absolute atomic E-state index is 0.0246. The summed E-state index contributed by atoms with van der Waals surface area (Å²) in [5.74, 6) is 0.156. The predicted molar refractivity (Wildman–Crippen MR) is 82.6 cm³/mol. The van der Waals surface area contributed by atoms with Crippen molar-refractivity contribution in [3.8, 4) is 0 Å². The molecule has 2 rings (SSSR count). The molecule has 0 bridgehead atoms. The maximum atomic E-state index is 11.5. The van der Waals surface area contributed by atoms with E-state index in [1.54, 1.807) is 18.2 Å². The van der Waals surface area contributed by atoms with Gasteiger partial charge in [0, 0.05) is 12.6 Å². The summed E-state index contributed by atoms with van der Waals surface area (Å²) in [5, 5.41) is 17.3. The number of nitrogens with zero attached hydrogens (tertiary/aromatic N) is 1. The standard InChI is InChI=1S/C13H19N3O4S/c1-2-7-14-11-4-3-5-12(13(11)16(17)18)15-10-6-8-21(19,20)9-10/h3-5,10,14-15H,2,6-9H2,1H3. The first-order chi connectivity index (χ1) is 9.93. The van der Waals surface area contributed by atoms with Gasteiger partial charge in [0.25, 0.3) is 0 Å². The largest absolute Gasteiger partial charge is 0.379 e. The number of nitro groups is 1. The Kier molecular flexibility index (Phi) is 4.66. The first kappa shape index (κ1) is 15.6. The molecule has 8 heteroatoms. The summed E-state index contributed by atoms with van der Waals surface area (Å²) in [4.78, 5) is 10.9. The van der Waals surface area contributed by atoms with Gasteiger partial charge in [-0.25, -0.2) is 8.42 Å². The highest BCUT2D eigenvalue weighted by Gasteiger charge is 2.30. The zero-order chi connectivity index (χ0) is 15.5. The van der Waals surface area contributed by atoms with Crippen molar-refractivity contribution in [2.45, 2.75) is 25.8 Å². The van der Waals surface area contributed by atoms with E-state index in [4.69, 9.17) is 0 Å². The Bertz CT molecular complexity index is 630. The molecule has 0 amide bonds. The third-order valence-electron chi connectivity index (χ3n) is 3.38. The number of rotatable bonds is 6. The minimum Gasteiger partial charge on any atom is -0.379 e. The average molecular weight is 313 g/mol. The third kappa shape index (κ3) is 3.84. The molecule has 7 nitrogen and oxygen atoms in total. The van der Waals surface area contributed by atoms with Gasteiger partial charge in [-0.1, -0.05) is 13.0 Å². The molecule has 1 atom stereocenters. The van der Waals surface area contributed by atoms with Crippen LogP contribution in [-0.2, 0) is 9.84 Å². The fourth-order valence-corrected chi connectivity index (χ4v) is 4.06. The van der Waals surface area contributed by atoms with Crippen molar-refractivity contribution in [1.82, 2.24) is 0 Å². The van der Waals surface area contributed by atoms with E-state index < -0.39 is 14.8 Å². The summed E-state index contributed by atoms with van der Waals surface area (Å²) in [7, 11) is -3.02. The minimum atomic E-state index is -3.02. The van der Waals surface area contributed by atoms with Crippen molar-refractivity contribution in [3.05, 3.63) is 28.3 Å². The fraction of sp³-hybridized carbons (Fsp3) is 0.538. The molecule has 21 heavy (non-hydrogen) atoms. The number of anilines is 2.